The van der Waals surface area contributed by atoms with Gasteiger partial charge in [-0.05, 0) is 60.9 Å². The normalized spacial score (nSPS) is 13.8. The van der Waals surface area contributed by atoms with Crippen molar-refractivity contribution in [3.63, 3.8) is 0 Å². The Morgan fingerprint density at radius 2 is 1.93 bits per heavy atom. The summed E-state index contributed by atoms with van der Waals surface area (Å²) in [6.07, 6.45) is 7.34. The summed E-state index contributed by atoms with van der Waals surface area (Å²) in [4.78, 5) is 16.4. The van der Waals surface area contributed by atoms with Gasteiger partial charge in [0.1, 0.15) is 0 Å². The number of nitrogens with zero attached hydrogens (tertiary/aromatic N) is 2. The van der Waals surface area contributed by atoms with Crippen molar-refractivity contribution in [1.82, 2.24) is 19.9 Å². The van der Waals surface area contributed by atoms with Crippen LogP contribution in [0.1, 0.15) is 42.0 Å². The molecule has 156 valence electrons. The molecule has 0 bridgehead atoms. The molecule has 0 aliphatic heterocycles. The first-order valence-corrected chi connectivity index (χ1v) is 11.6. The number of nitrogens with one attached hydrogen (secondary N) is 2. The van der Waals surface area contributed by atoms with E-state index in [1.54, 1.807) is 24.5 Å². The third-order valence-electron chi connectivity index (χ3n) is 5.50. The summed E-state index contributed by atoms with van der Waals surface area (Å²) in [7, 11) is -3.74. The molecule has 8 heteroatoms. The number of aryl methyl sites for hydroxylation is 1. The minimum Gasteiger partial charge on any atom is -0.268 e. The van der Waals surface area contributed by atoms with Crippen molar-refractivity contribution in [3.05, 3.63) is 75.3 Å². The van der Waals surface area contributed by atoms with Gasteiger partial charge in [-0.3, -0.25) is 9.78 Å². The molecule has 0 saturated heterocycles. The summed E-state index contributed by atoms with van der Waals surface area (Å²) < 4.78 is 28.9. The van der Waals surface area contributed by atoms with Crippen molar-refractivity contribution in [2.75, 3.05) is 0 Å². The topological polar surface area (TPSA) is 105 Å². The second-order valence-electron chi connectivity index (χ2n) is 7.43. The lowest BCUT2D eigenvalue weighted by Crippen LogP contribution is -2.25. The zero-order valence-corrected chi connectivity index (χ0v) is 17.6. The van der Waals surface area contributed by atoms with Crippen LogP contribution in [0.2, 0.25) is 0 Å². The number of rotatable bonds is 6. The van der Waals surface area contributed by atoms with Crippen molar-refractivity contribution in [3.8, 4) is 11.3 Å². The predicted octanol–water partition coefficient (Wildman–Crippen LogP) is 2.75. The van der Waals surface area contributed by atoms with Crippen molar-refractivity contribution in [1.29, 1.82) is 0 Å². The Bertz CT molecular complexity index is 1220. The van der Waals surface area contributed by atoms with E-state index in [9.17, 15) is 13.2 Å². The third kappa shape index (κ3) is 4.06. The smallest absolute Gasteiger partial charge is 0.267 e. The Morgan fingerprint density at radius 3 is 2.67 bits per heavy atom. The molecule has 2 N–H and O–H groups in total. The van der Waals surface area contributed by atoms with Gasteiger partial charge in [0.15, 0.2) is 0 Å². The quantitative estimate of drug-likeness (QED) is 0.633. The molecule has 1 aromatic carbocycles. The van der Waals surface area contributed by atoms with Gasteiger partial charge in [-0.25, -0.2) is 18.2 Å². The zero-order valence-electron chi connectivity index (χ0n) is 16.8. The number of sulfonamides is 1. The highest BCUT2D eigenvalue weighted by Gasteiger charge is 2.22. The molecule has 3 aromatic rings. The molecule has 1 aliphatic carbocycles. The lowest BCUT2D eigenvalue weighted by Gasteiger charge is -2.18. The van der Waals surface area contributed by atoms with Crippen LogP contribution in [-0.4, -0.2) is 23.6 Å². The summed E-state index contributed by atoms with van der Waals surface area (Å²) in [5, 5.41) is 6.86. The molecule has 0 unspecified atom stereocenters. The molecule has 0 atom stereocenters. The van der Waals surface area contributed by atoms with Crippen molar-refractivity contribution in [2.45, 2.75) is 50.5 Å². The summed E-state index contributed by atoms with van der Waals surface area (Å²) in [6, 6.07) is 8.97. The number of pyridine rings is 1. The number of H-pyrrole nitrogens is 1. The van der Waals surface area contributed by atoms with E-state index in [0.717, 1.165) is 47.9 Å². The molecule has 2 aromatic heterocycles. The maximum atomic E-state index is 13.1. The number of hydrogen-bond donors (Lipinski definition) is 2. The van der Waals surface area contributed by atoms with Gasteiger partial charge in [0.25, 0.3) is 5.56 Å². The molecular formula is C22H24N4O3S. The van der Waals surface area contributed by atoms with Gasteiger partial charge in [0, 0.05) is 30.1 Å². The van der Waals surface area contributed by atoms with Crippen LogP contribution in [-0.2, 0) is 35.8 Å². The molecule has 7 nitrogen and oxygen atoms in total. The monoisotopic (exact) mass is 424 g/mol. The number of benzene rings is 1. The fraction of sp³-hybridized carbons (Fsp3) is 0.318. The standard InChI is InChI=1S/C22H24N4O3S/c1-2-16-9-10-17(21-18-7-3-4-8-19(18)22(27)26-25-21)12-20(16)30(28,29)24-14-15-6-5-11-23-13-15/h5-6,9-13,24H,2-4,7-8,14H2,1H3,(H,26,27). The van der Waals surface area contributed by atoms with E-state index in [2.05, 4.69) is 19.9 Å². The van der Waals surface area contributed by atoms with E-state index in [1.165, 1.54) is 0 Å². The molecule has 0 radical (unpaired) electrons. The molecule has 4 rings (SSSR count). The predicted molar refractivity (Wildman–Crippen MR) is 115 cm³/mol. The molecule has 0 spiro atoms. The first-order chi connectivity index (χ1) is 14.5. The number of hydrogen-bond acceptors (Lipinski definition) is 5. The third-order valence-corrected chi connectivity index (χ3v) is 6.98. The summed E-state index contributed by atoms with van der Waals surface area (Å²) >= 11 is 0. The van der Waals surface area contributed by atoms with Gasteiger partial charge < -0.3 is 0 Å². The molecule has 0 saturated carbocycles. The second kappa shape index (κ2) is 8.49. The number of fused-ring (bicyclic) bond motifs is 1. The molecule has 1 aliphatic rings. The van der Waals surface area contributed by atoms with E-state index in [-0.39, 0.29) is 17.0 Å². The van der Waals surface area contributed by atoms with E-state index in [1.807, 2.05) is 25.1 Å². The van der Waals surface area contributed by atoms with E-state index in [4.69, 9.17) is 0 Å². The summed E-state index contributed by atoms with van der Waals surface area (Å²) in [6.45, 7) is 2.09. The Morgan fingerprint density at radius 1 is 1.13 bits per heavy atom. The SMILES string of the molecule is CCc1ccc(-c2n[nH]c(=O)c3c2CCCC3)cc1S(=O)(=O)NCc1cccnc1. The van der Waals surface area contributed by atoms with E-state index < -0.39 is 10.0 Å². The Labute approximate surface area is 175 Å². The van der Waals surface area contributed by atoms with Gasteiger partial charge in [-0.15, -0.1) is 0 Å². The highest BCUT2D eigenvalue weighted by atomic mass is 32.2. The van der Waals surface area contributed by atoms with Crippen LogP contribution < -0.4 is 10.3 Å². The van der Waals surface area contributed by atoms with E-state index >= 15 is 0 Å². The minimum absolute atomic E-state index is 0.149. The zero-order chi connectivity index (χ0) is 21.1. The van der Waals surface area contributed by atoms with Crippen LogP contribution >= 0.6 is 0 Å². The lowest BCUT2D eigenvalue weighted by atomic mass is 9.89. The molecule has 30 heavy (non-hydrogen) atoms. The highest BCUT2D eigenvalue weighted by Crippen LogP contribution is 2.30. The first-order valence-electron chi connectivity index (χ1n) is 10.1. The van der Waals surface area contributed by atoms with Crippen LogP contribution in [0, 0.1) is 0 Å². The maximum Gasteiger partial charge on any atom is 0.267 e. The fourth-order valence-electron chi connectivity index (χ4n) is 3.90. The van der Waals surface area contributed by atoms with Gasteiger partial charge in [-0.2, -0.15) is 5.10 Å². The highest BCUT2D eigenvalue weighted by molar-refractivity contribution is 7.89. The summed E-state index contributed by atoms with van der Waals surface area (Å²) in [5.74, 6) is 0. The first kappa shape index (κ1) is 20.4. The Hall–Kier alpha value is -2.84. The van der Waals surface area contributed by atoms with Crippen molar-refractivity contribution >= 4 is 10.0 Å². The van der Waals surface area contributed by atoms with Crippen LogP contribution in [0.15, 0.2) is 52.4 Å². The van der Waals surface area contributed by atoms with E-state index in [0.29, 0.717) is 17.7 Å². The molecule has 0 fully saturated rings. The van der Waals surface area contributed by atoms with Crippen LogP contribution in [0.25, 0.3) is 11.3 Å². The Balaban J connectivity index is 1.74. The fourth-order valence-corrected chi connectivity index (χ4v) is 5.25. The maximum absolute atomic E-state index is 13.1. The number of aromatic amines is 1. The van der Waals surface area contributed by atoms with Crippen LogP contribution in [0.3, 0.4) is 0 Å². The molecular weight excluding hydrogens is 400 g/mol. The second-order valence-corrected chi connectivity index (χ2v) is 9.16. The molecule has 0 amide bonds. The van der Waals surface area contributed by atoms with Crippen LogP contribution in [0.4, 0.5) is 0 Å². The minimum atomic E-state index is -3.74. The van der Waals surface area contributed by atoms with Gasteiger partial charge in [-0.1, -0.05) is 25.1 Å². The van der Waals surface area contributed by atoms with Gasteiger partial charge in [0.2, 0.25) is 10.0 Å². The Kier molecular flexibility index (Phi) is 5.78. The van der Waals surface area contributed by atoms with Crippen LogP contribution in [0.5, 0.6) is 0 Å². The van der Waals surface area contributed by atoms with Gasteiger partial charge >= 0.3 is 0 Å². The molecule has 2 heterocycles. The van der Waals surface area contributed by atoms with Crippen molar-refractivity contribution < 1.29 is 8.42 Å². The number of aromatic nitrogens is 3. The largest absolute Gasteiger partial charge is 0.268 e. The summed E-state index contributed by atoms with van der Waals surface area (Å²) in [5.41, 5.74) is 4.43. The van der Waals surface area contributed by atoms with Gasteiger partial charge in [0.05, 0.1) is 10.6 Å². The average molecular weight is 425 g/mol. The van der Waals surface area contributed by atoms with Crippen molar-refractivity contribution in [2.24, 2.45) is 0 Å². The lowest BCUT2D eigenvalue weighted by molar-refractivity contribution is 0.580. The average Bonchev–Trinajstić information content (AvgIpc) is 2.78.